The minimum Gasteiger partial charge on any atom is -0.324 e. The molecule has 0 saturated heterocycles. The average molecular weight is 472 g/mol. The van der Waals surface area contributed by atoms with Gasteiger partial charge in [0.05, 0.1) is 27.0 Å². The van der Waals surface area contributed by atoms with E-state index >= 15 is 0 Å². The summed E-state index contributed by atoms with van der Waals surface area (Å²) >= 11 is -0.492. The van der Waals surface area contributed by atoms with Crippen LogP contribution in [0.25, 0.3) is 0 Å². The lowest BCUT2D eigenvalue weighted by Gasteiger charge is -2.12. The van der Waals surface area contributed by atoms with Gasteiger partial charge in [0.25, 0.3) is 5.69 Å². The molecule has 162 valence electrons. The van der Waals surface area contributed by atoms with E-state index in [0.717, 1.165) is 12.1 Å². The highest BCUT2D eigenvalue weighted by molar-refractivity contribution is 8.00. The quantitative estimate of drug-likeness (QED) is 0.278. The third-order valence-electron chi connectivity index (χ3n) is 3.38. The Morgan fingerprint density at radius 2 is 1.73 bits per heavy atom. The van der Waals surface area contributed by atoms with Crippen molar-refractivity contribution in [1.29, 1.82) is 0 Å². The van der Waals surface area contributed by atoms with Gasteiger partial charge in [0.15, 0.2) is 0 Å². The molecule has 0 spiro atoms. The fourth-order valence-corrected chi connectivity index (χ4v) is 3.87. The van der Waals surface area contributed by atoms with Crippen molar-refractivity contribution in [2.24, 2.45) is 0 Å². The zero-order valence-corrected chi connectivity index (χ0v) is 16.0. The van der Waals surface area contributed by atoms with Gasteiger partial charge in [-0.15, -0.1) is 0 Å². The lowest BCUT2D eigenvalue weighted by Crippen LogP contribution is -2.20. The summed E-state index contributed by atoms with van der Waals surface area (Å²) in [6.07, 6.45) is -4.87. The Bertz CT molecular complexity index is 994. The molecular formula is C16H10F6N2O4S2. The molecular weight excluding hydrogens is 462 g/mol. The second-order valence-electron chi connectivity index (χ2n) is 5.52. The van der Waals surface area contributed by atoms with Crippen LogP contribution in [0.1, 0.15) is 5.56 Å². The van der Waals surface area contributed by atoms with Crippen LogP contribution in [-0.4, -0.2) is 26.3 Å². The van der Waals surface area contributed by atoms with Gasteiger partial charge in [-0.3, -0.25) is 19.1 Å². The fourth-order valence-electron chi connectivity index (χ4n) is 2.20. The molecule has 0 fully saturated rings. The number of para-hydroxylation sites is 1. The Morgan fingerprint density at radius 3 is 2.30 bits per heavy atom. The molecule has 2 aromatic carbocycles. The van der Waals surface area contributed by atoms with E-state index in [4.69, 9.17) is 0 Å². The third kappa shape index (κ3) is 6.45. The zero-order chi connectivity index (χ0) is 22.7. The number of carbonyl (C=O) groups is 1. The van der Waals surface area contributed by atoms with Crippen molar-refractivity contribution in [1.82, 2.24) is 0 Å². The molecule has 1 unspecified atom stereocenters. The van der Waals surface area contributed by atoms with E-state index in [9.17, 15) is 45.5 Å². The van der Waals surface area contributed by atoms with Gasteiger partial charge in [-0.1, -0.05) is 12.1 Å². The summed E-state index contributed by atoms with van der Waals surface area (Å²) in [6, 6.07) is 6.19. The maximum atomic E-state index is 12.7. The number of thioether (sulfide) groups is 1. The molecule has 0 aliphatic carbocycles. The number of hydrogen-bond donors (Lipinski definition) is 1. The number of hydrogen-bond acceptors (Lipinski definition) is 5. The van der Waals surface area contributed by atoms with Crippen molar-refractivity contribution < 1.29 is 40.3 Å². The van der Waals surface area contributed by atoms with E-state index in [1.54, 1.807) is 0 Å². The van der Waals surface area contributed by atoms with Crippen molar-refractivity contribution in [3.63, 3.8) is 0 Å². The summed E-state index contributed by atoms with van der Waals surface area (Å²) in [4.78, 5) is 21.0. The number of nitrogens with zero attached hydrogens (tertiary/aromatic N) is 1. The largest absolute Gasteiger partial charge is 0.446 e. The van der Waals surface area contributed by atoms with Crippen LogP contribution in [-0.2, 0) is 21.8 Å². The monoisotopic (exact) mass is 472 g/mol. The summed E-state index contributed by atoms with van der Waals surface area (Å²) < 4.78 is 88.3. The van der Waals surface area contributed by atoms with Crippen LogP contribution < -0.4 is 5.32 Å². The van der Waals surface area contributed by atoms with E-state index in [-0.39, 0.29) is 16.6 Å². The lowest BCUT2D eigenvalue weighted by atomic mass is 10.2. The van der Waals surface area contributed by atoms with E-state index in [1.807, 2.05) is 0 Å². The molecule has 1 atom stereocenters. The topological polar surface area (TPSA) is 89.3 Å². The number of rotatable bonds is 6. The van der Waals surface area contributed by atoms with Crippen molar-refractivity contribution in [3.8, 4) is 0 Å². The molecule has 1 N–H and O–H groups in total. The molecule has 0 bridgehead atoms. The third-order valence-corrected chi connectivity index (χ3v) is 5.54. The number of nitro benzene ring substituents is 1. The predicted octanol–water partition coefficient (Wildman–Crippen LogP) is 4.97. The van der Waals surface area contributed by atoms with Crippen molar-refractivity contribution in [2.75, 3.05) is 11.1 Å². The van der Waals surface area contributed by atoms with Gasteiger partial charge in [-0.05, 0) is 36.0 Å². The summed E-state index contributed by atoms with van der Waals surface area (Å²) in [7, 11) is -2.43. The molecule has 0 aliphatic heterocycles. The van der Waals surface area contributed by atoms with Gasteiger partial charge in [-0.25, -0.2) is 0 Å². The first-order valence-corrected chi connectivity index (χ1v) is 9.80. The van der Waals surface area contributed by atoms with E-state index in [2.05, 4.69) is 5.32 Å². The van der Waals surface area contributed by atoms with Crippen LogP contribution in [0.15, 0.2) is 52.3 Å². The number of alkyl halides is 6. The maximum absolute atomic E-state index is 12.7. The predicted molar refractivity (Wildman–Crippen MR) is 96.4 cm³/mol. The number of halogens is 6. The van der Waals surface area contributed by atoms with Crippen LogP contribution in [0.3, 0.4) is 0 Å². The van der Waals surface area contributed by atoms with Crippen molar-refractivity contribution in [2.45, 2.75) is 21.5 Å². The molecule has 1 amide bonds. The normalized spacial score (nSPS) is 13.0. The first-order chi connectivity index (χ1) is 13.8. The smallest absolute Gasteiger partial charge is 0.324 e. The van der Waals surface area contributed by atoms with Crippen molar-refractivity contribution in [3.05, 3.63) is 58.1 Å². The molecule has 0 aromatic heterocycles. The Morgan fingerprint density at radius 1 is 1.10 bits per heavy atom. The van der Waals surface area contributed by atoms with Gasteiger partial charge in [-0.2, -0.15) is 26.3 Å². The molecule has 2 aromatic rings. The first kappa shape index (κ1) is 23.7. The van der Waals surface area contributed by atoms with E-state index in [1.165, 1.54) is 12.1 Å². The summed E-state index contributed by atoms with van der Waals surface area (Å²) in [5, 5.41) is 13.2. The molecule has 2 rings (SSSR count). The minimum atomic E-state index is -4.87. The second-order valence-corrected chi connectivity index (χ2v) is 8.05. The van der Waals surface area contributed by atoms with Crippen molar-refractivity contribution >= 4 is 39.8 Å². The molecule has 6 nitrogen and oxygen atoms in total. The molecule has 0 aliphatic rings. The molecule has 30 heavy (non-hydrogen) atoms. The fraction of sp³-hybridized carbons (Fsp3) is 0.188. The average Bonchev–Trinajstić information content (AvgIpc) is 2.60. The van der Waals surface area contributed by atoms with Crippen LogP contribution in [0.5, 0.6) is 0 Å². The Balaban J connectivity index is 2.21. The highest BCUT2D eigenvalue weighted by Gasteiger charge is 2.34. The Labute approximate surface area is 171 Å². The summed E-state index contributed by atoms with van der Waals surface area (Å²) in [6.45, 7) is 0. The van der Waals surface area contributed by atoms with E-state index in [0.29, 0.717) is 12.1 Å². The maximum Gasteiger partial charge on any atom is 0.446 e. The first-order valence-electron chi connectivity index (χ1n) is 7.66. The van der Waals surface area contributed by atoms with E-state index < -0.39 is 67.0 Å². The highest BCUT2D eigenvalue weighted by atomic mass is 32.2. The number of nitro groups is 1. The molecule has 0 saturated carbocycles. The second kappa shape index (κ2) is 9.04. The standard InChI is InChI=1S/C16H10F6N2O4S2/c17-15(18,19)9-5-6-13(11(7-9)24(26)27)30(28)8-14(25)23-10-3-1-2-4-12(10)29-16(20,21)22/h1-7H,8H2,(H,23,25). The van der Waals surface area contributed by atoms with Gasteiger partial charge < -0.3 is 5.32 Å². The molecule has 0 heterocycles. The summed E-state index contributed by atoms with van der Waals surface area (Å²) in [5.74, 6) is -1.96. The van der Waals surface area contributed by atoms with Gasteiger partial charge in [0, 0.05) is 11.0 Å². The summed E-state index contributed by atoms with van der Waals surface area (Å²) in [5.41, 5.74) is -7.30. The Kier molecular flexibility index (Phi) is 7.13. The Hall–Kier alpha value is -2.61. The SMILES string of the molecule is O=C(CS(=O)c1ccc(C(F)(F)F)cc1[N+](=O)[O-])Nc1ccccc1SC(F)(F)F. The minimum absolute atomic E-state index is 0.195. The van der Waals surface area contributed by atoms with Gasteiger partial charge in [0.1, 0.15) is 10.6 Å². The lowest BCUT2D eigenvalue weighted by molar-refractivity contribution is -0.388. The number of nitrogens with one attached hydrogen (secondary N) is 1. The number of anilines is 1. The zero-order valence-electron chi connectivity index (χ0n) is 14.4. The number of benzene rings is 2. The van der Waals surface area contributed by atoms with Gasteiger partial charge in [0.2, 0.25) is 5.91 Å². The van der Waals surface area contributed by atoms with Crippen LogP contribution in [0.4, 0.5) is 37.7 Å². The van der Waals surface area contributed by atoms with Gasteiger partial charge >= 0.3 is 11.7 Å². The molecule has 14 heteroatoms. The molecule has 0 radical (unpaired) electrons. The van der Waals surface area contributed by atoms with Crippen LogP contribution in [0, 0.1) is 10.1 Å². The van der Waals surface area contributed by atoms with Crippen LogP contribution in [0.2, 0.25) is 0 Å². The highest BCUT2D eigenvalue weighted by Crippen LogP contribution is 2.40. The van der Waals surface area contributed by atoms with Crippen LogP contribution >= 0.6 is 11.8 Å². The number of amides is 1. The number of carbonyl (C=O) groups excluding carboxylic acids is 1.